The molecule has 2 N–H and O–H groups in total. The molecule has 1 heterocycles. The summed E-state index contributed by atoms with van der Waals surface area (Å²) in [6.45, 7) is 8.26. The Kier molecular flexibility index (Phi) is 5.52. The Balaban J connectivity index is 2.55. The van der Waals surface area contributed by atoms with Crippen molar-refractivity contribution in [1.29, 1.82) is 0 Å². The van der Waals surface area contributed by atoms with Gasteiger partial charge in [-0.15, -0.1) is 0 Å². The molecular weight excluding hydrogens is 260 g/mol. The predicted molar refractivity (Wildman–Crippen MR) is 77.9 cm³/mol. The number of aromatic nitrogens is 1. The van der Waals surface area contributed by atoms with E-state index in [1.54, 1.807) is 6.20 Å². The van der Waals surface area contributed by atoms with Crippen molar-refractivity contribution in [3.63, 3.8) is 0 Å². The van der Waals surface area contributed by atoms with Crippen molar-refractivity contribution in [2.24, 2.45) is 11.3 Å². The fourth-order valence-corrected chi connectivity index (χ4v) is 1.98. The predicted octanol–water partition coefficient (Wildman–Crippen LogP) is 2.50. The number of hydrogen-bond donors (Lipinski definition) is 2. The van der Waals surface area contributed by atoms with Crippen LogP contribution in [0.1, 0.15) is 39.0 Å². The van der Waals surface area contributed by atoms with E-state index in [1.807, 2.05) is 0 Å². The van der Waals surface area contributed by atoms with Crippen LogP contribution < -0.4 is 5.32 Å². The first-order valence-electron chi connectivity index (χ1n) is 6.18. The third-order valence-electron chi connectivity index (χ3n) is 3.01. The average Bonchev–Trinajstić information content (AvgIpc) is 2.72. The summed E-state index contributed by atoms with van der Waals surface area (Å²) in [6.07, 6.45) is 2.07. The number of carbonyl (C=O) groups excluding carboxylic acids is 1. The smallest absolute Gasteiger partial charge is 0.226 e. The molecule has 1 aromatic rings. The zero-order valence-electron chi connectivity index (χ0n) is 11.8. The van der Waals surface area contributed by atoms with Gasteiger partial charge in [-0.05, 0) is 11.3 Å². The fraction of sp³-hybridized carbons (Fsp3) is 0.571. The van der Waals surface area contributed by atoms with E-state index >= 15 is 0 Å². The fourth-order valence-electron chi connectivity index (χ4n) is 1.27. The molecule has 1 atom stereocenters. The van der Waals surface area contributed by atoms with Crippen molar-refractivity contribution >= 4 is 22.4 Å². The van der Waals surface area contributed by atoms with E-state index in [0.717, 1.165) is 4.88 Å². The Labute approximate surface area is 118 Å². The van der Waals surface area contributed by atoms with Crippen LogP contribution in [0.15, 0.2) is 6.20 Å². The number of aliphatic hydroxyl groups is 1. The molecule has 1 rings (SSSR count). The molecule has 0 spiro atoms. The monoisotopic (exact) mass is 280 g/mol. The molecule has 19 heavy (non-hydrogen) atoms. The summed E-state index contributed by atoms with van der Waals surface area (Å²) in [4.78, 5) is 16.7. The second-order valence-corrected chi connectivity index (χ2v) is 6.54. The molecule has 0 bridgehead atoms. The maximum Gasteiger partial charge on any atom is 0.226 e. The Morgan fingerprint density at radius 2 is 2.26 bits per heavy atom. The van der Waals surface area contributed by atoms with Crippen molar-refractivity contribution in [2.75, 3.05) is 11.9 Å². The molecule has 0 aliphatic carbocycles. The van der Waals surface area contributed by atoms with Crippen LogP contribution in [0.2, 0.25) is 0 Å². The number of amides is 1. The van der Waals surface area contributed by atoms with Gasteiger partial charge in [0.2, 0.25) is 5.91 Å². The van der Waals surface area contributed by atoms with Gasteiger partial charge in [0.25, 0.3) is 0 Å². The molecule has 0 aliphatic rings. The molecule has 0 saturated heterocycles. The highest BCUT2D eigenvalue weighted by Gasteiger charge is 2.22. The number of anilines is 1. The Morgan fingerprint density at radius 1 is 1.58 bits per heavy atom. The van der Waals surface area contributed by atoms with E-state index in [2.05, 4.69) is 49.8 Å². The van der Waals surface area contributed by atoms with E-state index in [1.165, 1.54) is 11.3 Å². The second-order valence-electron chi connectivity index (χ2n) is 5.51. The third-order valence-corrected chi connectivity index (χ3v) is 3.84. The minimum atomic E-state index is -0.178. The SMILES string of the molecule is CC(CC(=O)Nc1ncc(C#CCO)s1)C(C)(C)C. The molecule has 1 amide bonds. The first kappa shape index (κ1) is 15.7. The van der Waals surface area contributed by atoms with Gasteiger partial charge in [-0.2, -0.15) is 0 Å². The van der Waals surface area contributed by atoms with Gasteiger partial charge in [-0.1, -0.05) is 50.9 Å². The van der Waals surface area contributed by atoms with Gasteiger partial charge < -0.3 is 10.4 Å². The highest BCUT2D eigenvalue weighted by atomic mass is 32.1. The van der Waals surface area contributed by atoms with Crippen molar-refractivity contribution in [2.45, 2.75) is 34.1 Å². The van der Waals surface area contributed by atoms with Gasteiger partial charge in [0, 0.05) is 6.42 Å². The van der Waals surface area contributed by atoms with Crippen LogP contribution in [0.4, 0.5) is 5.13 Å². The van der Waals surface area contributed by atoms with Crippen LogP contribution in [-0.4, -0.2) is 22.6 Å². The third kappa shape index (κ3) is 5.41. The van der Waals surface area contributed by atoms with Crippen molar-refractivity contribution in [3.05, 3.63) is 11.1 Å². The van der Waals surface area contributed by atoms with Gasteiger partial charge in [0.05, 0.1) is 11.1 Å². The van der Waals surface area contributed by atoms with Gasteiger partial charge in [-0.25, -0.2) is 4.98 Å². The summed E-state index contributed by atoms with van der Waals surface area (Å²) in [5.74, 6) is 5.57. The summed E-state index contributed by atoms with van der Waals surface area (Å²) in [5, 5.41) is 11.9. The number of nitrogens with zero attached hydrogens (tertiary/aromatic N) is 1. The van der Waals surface area contributed by atoms with Crippen LogP contribution >= 0.6 is 11.3 Å². The van der Waals surface area contributed by atoms with Crippen LogP contribution in [-0.2, 0) is 4.79 Å². The first-order valence-corrected chi connectivity index (χ1v) is 7.00. The molecule has 0 saturated carbocycles. The van der Waals surface area contributed by atoms with E-state index < -0.39 is 0 Å². The molecule has 1 unspecified atom stereocenters. The van der Waals surface area contributed by atoms with Crippen LogP contribution in [0, 0.1) is 23.2 Å². The lowest BCUT2D eigenvalue weighted by Gasteiger charge is -2.26. The molecule has 104 valence electrons. The summed E-state index contributed by atoms with van der Waals surface area (Å²) in [7, 11) is 0. The van der Waals surface area contributed by atoms with Crippen LogP contribution in [0.5, 0.6) is 0 Å². The highest BCUT2D eigenvalue weighted by Crippen LogP contribution is 2.28. The average molecular weight is 280 g/mol. The second kappa shape index (κ2) is 6.69. The topological polar surface area (TPSA) is 62.2 Å². The van der Waals surface area contributed by atoms with Gasteiger partial charge in [-0.3, -0.25) is 4.79 Å². The summed E-state index contributed by atoms with van der Waals surface area (Å²) < 4.78 is 0. The first-order chi connectivity index (χ1) is 8.82. The quantitative estimate of drug-likeness (QED) is 0.836. The molecule has 4 nitrogen and oxygen atoms in total. The van der Waals surface area contributed by atoms with Gasteiger partial charge in [0.15, 0.2) is 5.13 Å². The molecular formula is C14H20N2O2S. The molecule has 1 aromatic heterocycles. The number of aliphatic hydroxyl groups excluding tert-OH is 1. The number of rotatable bonds is 3. The zero-order valence-corrected chi connectivity index (χ0v) is 12.6. The molecule has 0 aliphatic heterocycles. The van der Waals surface area contributed by atoms with E-state index in [4.69, 9.17) is 5.11 Å². The van der Waals surface area contributed by atoms with Crippen LogP contribution in [0.25, 0.3) is 0 Å². The van der Waals surface area contributed by atoms with E-state index in [-0.39, 0.29) is 17.9 Å². The maximum absolute atomic E-state index is 11.9. The lowest BCUT2D eigenvalue weighted by atomic mass is 9.80. The van der Waals surface area contributed by atoms with Gasteiger partial charge >= 0.3 is 0 Å². The number of carbonyl (C=O) groups is 1. The lowest BCUT2D eigenvalue weighted by molar-refractivity contribution is -0.117. The highest BCUT2D eigenvalue weighted by molar-refractivity contribution is 7.16. The molecule has 0 radical (unpaired) electrons. The summed E-state index contributed by atoms with van der Waals surface area (Å²) in [5.41, 5.74) is 0.109. The molecule has 0 aromatic carbocycles. The van der Waals surface area contributed by atoms with Crippen molar-refractivity contribution < 1.29 is 9.90 Å². The van der Waals surface area contributed by atoms with Crippen molar-refractivity contribution in [1.82, 2.24) is 4.98 Å². The summed E-state index contributed by atoms with van der Waals surface area (Å²) >= 11 is 1.31. The number of nitrogens with one attached hydrogen (secondary N) is 1. The zero-order chi connectivity index (χ0) is 14.5. The lowest BCUT2D eigenvalue weighted by Crippen LogP contribution is -2.23. The minimum Gasteiger partial charge on any atom is -0.384 e. The Bertz CT molecular complexity index is 492. The normalized spacial score (nSPS) is 12.5. The number of thiazole rings is 1. The standard InChI is InChI=1S/C14H20N2O2S/c1-10(14(2,3)4)8-12(18)16-13-15-9-11(19-13)6-5-7-17/h9-10,17H,7-8H2,1-4H3,(H,15,16,18). The summed E-state index contributed by atoms with van der Waals surface area (Å²) in [6, 6.07) is 0. The van der Waals surface area contributed by atoms with Crippen LogP contribution in [0.3, 0.4) is 0 Å². The maximum atomic E-state index is 11.9. The van der Waals surface area contributed by atoms with Crippen molar-refractivity contribution in [3.8, 4) is 11.8 Å². The van der Waals surface area contributed by atoms with Gasteiger partial charge in [0.1, 0.15) is 6.61 Å². The molecule has 0 fully saturated rings. The van der Waals surface area contributed by atoms with E-state index in [9.17, 15) is 4.79 Å². The Morgan fingerprint density at radius 3 is 2.84 bits per heavy atom. The largest absolute Gasteiger partial charge is 0.384 e. The molecule has 5 heteroatoms. The van der Waals surface area contributed by atoms with E-state index in [0.29, 0.717) is 17.5 Å². The Hall–Kier alpha value is -1.38. The number of hydrogen-bond acceptors (Lipinski definition) is 4. The minimum absolute atomic E-state index is 0.0292.